The molecule has 0 saturated heterocycles. The van der Waals surface area contributed by atoms with Gasteiger partial charge in [0.1, 0.15) is 0 Å². The summed E-state index contributed by atoms with van der Waals surface area (Å²) in [5.74, 6) is 2.10. The molecule has 0 unspecified atom stereocenters. The summed E-state index contributed by atoms with van der Waals surface area (Å²) in [7, 11) is -4.67. The Morgan fingerprint density at radius 3 is 1.12 bits per heavy atom. The van der Waals surface area contributed by atoms with Gasteiger partial charge in [0.2, 0.25) is 0 Å². The third kappa shape index (κ3) is 81.5. The molecule has 0 radical (unpaired) electrons. The van der Waals surface area contributed by atoms with Crippen molar-refractivity contribution in [1.82, 2.24) is 0 Å². The molecule has 0 aliphatic rings. The van der Waals surface area contributed by atoms with Crippen molar-refractivity contribution in [2.75, 3.05) is 11.5 Å². The molecule has 4 nitrogen and oxygen atoms in total. The fourth-order valence-corrected chi connectivity index (χ4v) is 1.17. The first-order chi connectivity index (χ1) is 7.83. The highest BCUT2D eigenvalue weighted by atomic mass is 32.3. The Labute approximate surface area is 117 Å². The van der Waals surface area contributed by atoms with Gasteiger partial charge in [-0.2, -0.15) is 33.7 Å². The Morgan fingerprint density at radius 2 is 1.06 bits per heavy atom. The maximum Gasteiger partial charge on any atom is 0.394 e. The zero-order chi connectivity index (χ0) is 14.2. The molecule has 0 aromatic carbocycles. The van der Waals surface area contributed by atoms with Crippen LogP contribution in [0.5, 0.6) is 0 Å². The average molecular weight is 307 g/mol. The van der Waals surface area contributed by atoms with Gasteiger partial charge in [0.15, 0.2) is 0 Å². The van der Waals surface area contributed by atoms with E-state index in [2.05, 4.69) is 39.1 Å². The van der Waals surface area contributed by atoms with Crippen LogP contribution in [-0.2, 0) is 10.4 Å². The summed E-state index contributed by atoms with van der Waals surface area (Å²) in [6.45, 7) is 4.40. The Kier molecular flexibility index (Phi) is 25.3. The molecule has 0 aromatic heterocycles. The second-order valence-corrected chi connectivity index (χ2v) is 5.10. The van der Waals surface area contributed by atoms with Gasteiger partial charge < -0.3 is 0 Å². The third-order valence-electron chi connectivity index (χ3n) is 1.52. The molecule has 0 aliphatic carbocycles. The average Bonchev–Trinajstić information content (AvgIpc) is 2.22. The summed E-state index contributed by atoms with van der Waals surface area (Å²) in [6.07, 6.45) is 7.84. The second kappa shape index (κ2) is 18.9. The van der Waals surface area contributed by atoms with Crippen LogP contribution in [0.4, 0.5) is 0 Å². The van der Waals surface area contributed by atoms with Crippen LogP contribution in [-0.4, -0.2) is 29.0 Å². The largest absolute Gasteiger partial charge is 0.394 e. The van der Waals surface area contributed by atoms with Gasteiger partial charge in [-0.25, -0.2) is 0 Å². The van der Waals surface area contributed by atoms with E-state index >= 15 is 0 Å². The van der Waals surface area contributed by atoms with Gasteiger partial charge in [0.05, 0.1) is 0 Å². The lowest BCUT2D eigenvalue weighted by atomic mass is 10.3. The predicted octanol–water partition coefficient (Wildman–Crippen LogP) is 3.56. The number of hydrogen-bond acceptors (Lipinski definition) is 4. The van der Waals surface area contributed by atoms with Crippen LogP contribution in [0.2, 0.25) is 0 Å². The van der Waals surface area contributed by atoms with Crippen molar-refractivity contribution in [2.24, 2.45) is 0 Å². The molecule has 17 heavy (non-hydrogen) atoms. The molecule has 0 saturated carbocycles. The van der Waals surface area contributed by atoms with E-state index in [-0.39, 0.29) is 0 Å². The van der Waals surface area contributed by atoms with E-state index in [0.29, 0.717) is 0 Å². The quantitative estimate of drug-likeness (QED) is 0.344. The van der Waals surface area contributed by atoms with Crippen molar-refractivity contribution < 1.29 is 17.5 Å². The van der Waals surface area contributed by atoms with Gasteiger partial charge in [-0.3, -0.25) is 9.11 Å². The molecule has 0 amide bonds. The van der Waals surface area contributed by atoms with Gasteiger partial charge in [0.25, 0.3) is 0 Å². The molecule has 0 rings (SSSR count). The van der Waals surface area contributed by atoms with Gasteiger partial charge in [-0.15, -0.1) is 0 Å². The summed E-state index contributed by atoms with van der Waals surface area (Å²) in [4.78, 5) is 0. The molecule has 0 heterocycles. The summed E-state index contributed by atoms with van der Waals surface area (Å²) in [6, 6.07) is 0. The fraction of sp³-hybridized carbons (Fsp3) is 1.00. The lowest BCUT2D eigenvalue weighted by molar-refractivity contribution is 0.381. The monoisotopic (exact) mass is 306 g/mol. The van der Waals surface area contributed by atoms with Gasteiger partial charge in [-0.1, -0.05) is 39.5 Å². The number of unbranched alkanes of at least 4 members (excludes halogenated alkanes) is 4. The maximum atomic E-state index is 8.74. The van der Waals surface area contributed by atoms with E-state index < -0.39 is 10.4 Å². The summed E-state index contributed by atoms with van der Waals surface area (Å²) >= 11 is 8.11. The van der Waals surface area contributed by atoms with Gasteiger partial charge in [0, 0.05) is 0 Å². The van der Waals surface area contributed by atoms with Crippen LogP contribution in [0.25, 0.3) is 0 Å². The van der Waals surface area contributed by atoms with Crippen molar-refractivity contribution in [3.8, 4) is 0 Å². The normalized spacial score (nSPS) is 9.76. The van der Waals surface area contributed by atoms with E-state index in [1.54, 1.807) is 0 Å². The summed E-state index contributed by atoms with van der Waals surface area (Å²) in [5, 5.41) is 0. The van der Waals surface area contributed by atoms with Crippen molar-refractivity contribution in [3.63, 3.8) is 0 Å². The Hall–Kier alpha value is 0.570. The smallest absolute Gasteiger partial charge is 0.264 e. The summed E-state index contributed by atoms with van der Waals surface area (Å²) < 4.78 is 31.6. The van der Waals surface area contributed by atoms with Crippen LogP contribution in [0.1, 0.15) is 52.4 Å². The molecule has 0 bridgehead atoms. The molecule has 2 N–H and O–H groups in total. The SMILES string of the molecule is CCCCCS.CCCCCS.O=S(=O)(O)O. The predicted molar refractivity (Wildman–Crippen MR) is 80.9 cm³/mol. The highest BCUT2D eigenvalue weighted by Crippen LogP contribution is 1.93. The maximum absolute atomic E-state index is 8.74. The van der Waals surface area contributed by atoms with Crippen molar-refractivity contribution in [3.05, 3.63) is 0 Å². The summed E-state index contributed by atoms with van der Waals surface area (Å²) in [5.41, 5.74) is 0. The second-order valence-electron chi connectivity index (χ2n) is 3.31. The van der Waals surface area contributed by atoms with E-state index in [1.807, 2.05) is 0 Å². The zero-order valence-corrected chi connectivity index (χ0v) is 13.3. The first-order valence-corrected chi connectivity index (χ1v) is 8.41. The highest BCUT2D eigenvalue weighted by Gasteiger charge is 1.84. The van der Waals surface area contributed by atoms with E-state index in [0.717, 1.165) is 11.5 Å². The Morgan fingerprint density at radius 1 is 0.824 bits per heavy atom. The first-order valence-electron chi connectivity index (χ1n) is 5.75. The minimum absolute atomic E-state index is 1.05. The standard InChI is InChI=1S/2C5H12S.H2O4S/c2*1-2-3-4-5-6;1-5(2,3)4/h2*6H,2-5H2,1H3;(H2,1,2,3,4). The van der Waals surface area contributed by atoms with Crippen LogP contribution in [0, 0.1) is 0 Å². The van der Waals surface area contributed by atoms with Crippen LogP contribution < -0.4 is 0 Å². The molecule has 0 aliphatic heterocycles. The van der Waals surface area contributed by atoms with Crippen LogP contribution >= 0.6 is 25.3 Å². The van der Waals surface area contributed by atoms with Crippen molar-refractivity contribution in [2.45, 2.75) is 52.4 Å². The molecule has 0 spiro atoms. The van der Waals surface area contributed by atoms with E-state index in [4.69, 9.17) is 17.5 Å². The number of rotatable bonds is 6. The minimum Gasteiger partial charge on any atom is -0.264 e. The molecular formula is C10H26O4S3. The highest BCUT2D eigenvalue weighted by molar-refractivity contribution is 7.80. The van der Waals surface area contributed by atoms with E-state index in [1.165, 1.54) is 38.5 Å². The van der Waals surface area contributed by atoms with Crippen LogP contribution in [0.15, 0.2) is 0 Å². The van der Waals surface area contributed by atoms with Crippen LogP contribution in [0.3, 0.4) is 0 Å². The Balaban J connectivity index is -0.000000174. The number of thiol groups is 2. The molecule has 7 heteroatoms. The minimum atomic E-state index is -4.67. The lowest BCUT2D eigenvalue weighted by Crippen LogP contribution is -1.89. The zero-order valence-electron chi connectivity index (χ0n) is 10.7. The molecule has 108 valence electrons. The third-order valence-corrected chi connectivity index (χ3v) is 2.16. The van der Waals surface area contributed by atoms with Gasteiger partial charge in [-0.05, 0) is 24.3 Å². The Bertz CT molecular complexity index is 182. The molecular weight excluding hydrogens is 280 g/mol. The lowest BCUT2D eigenvalue weighted by Gasteiger charge is -1.85. The van der Waals surface area contributed by atoms with E-state index in [9.17, 15) is 0 Å². The van der Waals surface area contributed by atoms with Crippen molar-refractivity contribution >= 4 is 35.7 Å². The van der Waals surface area contributed by atoms with Gasteiger partial charge >= 0.3 is 10.4 Å². The fourth-order valence-electron chi connectivity index (χ4n) is 0.724. The number of hydrogen-bond donors (Lipinski definition) is 4. The first kappa shape index (κ1) is 22.7. The topological polar surface area (TPSA) is 74.6 Å². The molecule has 0 aromatic rings. The molecule has 0 fully saturated rings. The molecule has 0 atom stereocenters. The van der Waals surface area contributed by atoms with Crippen molar-refractivity contribution in [1.29, 1.82) is 0 Å².